The molecule has 0 unspecified atom stereocenters. The Labute approximate surface area is 161 Å². The molecule has 0 radical (unpaired) electrons. The number of aromatic nitrogens is 1. The highest BCUT2D eigenvalue weighted by atomic mass is 32.1. The van der Waals surface area contributed by atoms with E-state index in [1.165, 1.54) is 22.3 Å². The van der Waals surface area contributed by atoms with Crippen molar-refractivity contribution >= 4 is 32.6 Å². The van der Waals surface area contributed by atoms with Crippen molar-refractivity contribution in [1.29, 1.82) is 0 Å². The second kappa shape index (κ2) is 7.70. The van der Waals surface area contributed by atoms with Gasteiger partial charge in [-0.05, 0) is 57.3 Å². The third-order valence-electron chi connectivity index (χ3n) is 4.50. The van der Waals surface area contributed by atoms with Crippen LogP contribution in [0.4, 0.5) is 13.9 Å². The zero-order valence-corrected chi connectivity index (χ0v) is 16.5. The number of fused-ring (bicyclic) bond motifs is 1. The molecule has 0 saturated heterocycles. The van der Waals surface area contributed by atoms with Gasteiger partial charge in [0.05, 0.1) is 10.2 Å². The number of amides is 1. The number of thiazole rings is 1. The monoisotopic (exact) mass is 389 g/mol. The van der Waals surface area contributed by atoms with Gasteiger partial charge in [-0.15, -0.1) is 0 Å². The Bertz CT molecular complexity index is 980. The smallest absolute Gasteiger partial charge is 0.266 e. The molecule has 1 heterocycles. The zero-order chi connectivity index (χ0) is 19.7. The molecule has 0 aliphatic heterocycles. The van der Waals surface area contributed by atoms with Gasteiger partial charge in [0, 0.05) is 13.1 Å². The van der Waals surface area contributed by atoms with Crippen LogP contribution in [0.3, 0.4) is 0 Å². The van der Waals surface area contributed by atoms with E-state index in [0.29, 0.717) is 11.7 Å². The van der Waals surface area contributed by atoms with Crippen molar-refractivity contribution in [2.45, 2.75) is 13.8 Å². The molecule has 27 heavy (non-hydrogen) atoms. The lowest BCUT2D eigenvalue weighted by Gasteiger charge is -2.22. The SMILES string of the molecule is Cc1ccc2sc(N(CCN(C)C)C(=O)c3c(F)cccc3F)nc2c1C. The van der Waals surface area contributed by atoms with Crippen LogP contribution in [0.5, 0.6) is 0 Å². The van der Waals surface area contributed by atoms with Crippen LogP contribution in [0.15, 0.2) is 30.3 Å². The second-order valence-corrected chi connectivity index (χ2v) is 7.72. The fourth-order valence-corrected chi connectivity index (χ4v) is 3.80. The average Bonchev–Trinajstić information content (AvgIpc) is 3.03. The molecule has 0 aliphatic rings. The minimum atomic E-state index is -0.872. The van der Waals surface area contributed by atoms with Crippen LogP contribution in [0.2, 0.25) is 0 Å². The molecule has 1 amide bonds. The van der Waals surface area contributed by atoms with Gasteiger partial charge in [0.1, 0.15) is 17.2 Å². The lowest BCUT2D eigenvalue weighted by atomic mass is 10.1. The van der Waals surface area contributed by atoms with Crippen molar-refractivity contribution in [3.05, 3.63) is 58.7 Å². The second-order valence-electron chi connectivity index (χ2n) is 6.71. The van der Waals surface area contributed by atoms with Crippen LogP contribution >= 0.6 is 11.3 Å². The molecule has 142 valence electrons. The number of nitrogens with zero attached hydrogens (tertiary/aromatic N) is 3. The standard InChI is InChI=1S/C20H21F2N3OS/c1-12-8-9-16-18(13(12)2)23-20(27-16)25(11-10-24(3)4)19(26)17-14(21)6-5-7-15(17)22/h5-9H,10-11H2,1-4H3. The van der Waals surface area contributed by atoms with Crippen molar-refractivity contribution in [2.75, 3.05) is 32.1 Å². The number of benzene rings is 2. The van der Waals surface area contributed by atoms with Crippen LogP contribution < -0.4 is 4.90 Å². The summed E-state index contributed by atoms with van der Waals surface area (Å²) in [6.45, 7) is 4.79. The maximum atomic E-state index is 14.2. The number of hydrogen-bond donors (Lipinski definition) is 0. The van der Waals surface area contributed by atoms with Crippen molar-refractivity contribution in [1.82, 2.24) is 9.88 Å². The fraction of sp³-hybridized carbons (Fsp3) is 0.300. The topological polar surface area (TPSA) is 36.4 Å². The number of hydrogen-bond acceptors (Lipinski definition) is 4. The van der Waals surface area contributed by atoms with E-state index in [9.17, 15) is 13.6 Å². The van der Waals surface area contributed by atoms with Gasteiger partial charge in [0.2, 0.25) is 0 Å². The molecule has 2 aromatic carbocycles. The van der Waals surface area contributed by atoms with Crippen molar-refractivity contribution in [3.8, 4) is 0 Å². The molecule has 0 spiro atoms. The van der Waals surface area contributed by atoms with Gasteiger partial charge in [-0.2, -0.15) is 0 Å². The predicted molar refractivity (Wildman–Crippen MR) is 106 cm³/mol. The summed E-state index contributed by atoms with van der Waals surface area (Å²) in [4.78, 5) is 20.9. The normalized spacial score (nSPS) is 11.4. The summed E-state index contributed by atoms with van der Waals surface area (Å²) < 4.78 is 29.3. The van der Waals surface area contributed by atoms with E-state index in [2.05, 4.69) is 4.98 Å². The number of carbonyl (C=O) groups is 1. The minimum Gasteiger partial charge on any atom is -0.308 e. The Hall–Kier alpha value is -2.38. The first-order chi connectivity index (χ1) is 12.8. The van der Waals surface area contributed by atoms with E-state index in [0.717, 1.165) is 33.5 Å². The van der Waals surface area contributed by atoms with Gasteiger partial charge in [0.15, 0.2) is 5.13 Å². The highest BCUT2D eigenvalue weighted by Gasteiger charge is 2.26. The molecule has 0 atom stereocenters. The lowest BCUT2D eigenvalue weighted by molar-refractivity contribution is 0.0977. The lowest BCUT2D eigenvalue weighted by Crippen LogP contribution is -2.37. The summed E-state index contributed by atoms with van der Waals surface area (Å²) in [5, 5.41) is 0.438. The largest absolute Gasteiger partial charge is 0.308 e. The summed E-state index contributed by atoms with van der Waals surface area (Å²) in [6.07, 6.45) is 0. The summed E-state index contributed by atoms with van der Waals surface area (Å²) in [6, 6.07) is 7.38. The first-order valence-electron chi connectivity index (χ1n) is 8.57. The Morgan fingerprint density at radius 2 is 1.74 bits per heavy atom. The van der Waals surface area contributed by atoms with E-state index in [1.807, 2.05) is 45.0 Å². The first kappa shape index (κ1) is 19.4. The maximum absolute atomic E-state index is 14.2. The minimum absolute atomic E-state index is 0.275. The summed E-state index contributed by atoms with van der Waals surface area (Å²) in [5.74, 6) is -2.47. The van der Waals surface area contributed by atoms with Gasteiger partial charge in [0.25, 0.3) is 5.91 Å². The maximum Gasteiger partial charge on any atom is 0.266 e. The number of halogens is 2. The quantitative estimate of drug-likeness (QED) is 0.649. The van der Waals surface area contributed by atoms with E-state index < -0.39 is 23.1 Å². The van der Waals surface area contributed by atoms with Crippen LogP contribution in [-0.2, 0) is 0 Å². The molecule has 0 N–H and O–H groups in total. The third kappa shape index (κ3) is 3.84. The van der Waals surface area contributed by atoms with Gasteiger partial charge in [-0.1, -0.05) is 23.5 Å². The number of likely N-dealkylation sites (N-methyl/N-ethyl adjacent to an activating group) is 1. The molecule has 4 nitrogen and oxygen atoms in total. The molecule has 0 bridgehead atoms. The number of carbonyl (C=O) groups excluding carboxylic acids is 1. The summed E-state index contributed by atoms with van der Waals surface area (Å²) in [7, 11) is 3.75. The fourth-order valence-electron chi connectivity index (χ4n) is 2.75. The Morgan fingerprint density at radius 3 is 2.37 bits per heavy atom. The molecule has 3 rings (SSSR count). The van der Waals surface area contributed by atoms with Crippen molar-refractivity contribution in [3.63, 3.8) is 0 Å². The zero-order valence-electron chi connectivity index (χ0n) is 15.7. The highest BCUT2D eigenvalue weighted by molar-refractivity contribution is 7.22. The predicted octanol–water partition coefficient (Wildman–Crippen LogP) is 4.40. The first-order valence-corrected chi connectivity index (χ1v) is 9.38. The van der Waals surface area contributed by atoms with Crippen molar-refractivity contribution < 1.29 is 13.6 Å². The molecule has 7 heteroatoms. The van der Waals surface area contributed by atoms with Gasteiger partial charge in [-0.3, -0.25) is 9.69 Å². The molecular weight excluding hydrogens is 368 g/mol. The Kier molecular flexibility index (Phi) is 5.53. The average molecular weight is 389 g/mol. The van der Waals surface area contributed by atoms with Crippen LogP contribution in [-0.4, -0.2) is 43.0 Å². The van der Waals surface area contributed by atoms with Gasteiger partial charge in [-0.25, -0.2) is 13.8 Å². The van der Waals surface area contributed by atoms with E-state index in [1.54, 1.807) is 0 Å². The Balaban J connectivity index is 2.09. The van der Waals surface area contributed by atoms with E-state index >= 15 is 0 Å². The van der Waals surface area contributed by atoms with Gasteiger partial charge < -0.3 is 4.90 Å². The van der Waals surface area contributed by atoms with Crippen LogP contribution in [0.1, 0.15) is 21.5 Å². The van der Waals surface area contributed by atoms with Crippen LogP contribution in [0, 0.1) is 25.5 Å². The number of anilines is 1. The molecule has 0 fully saturated rings. The van der Waals surface area contributed by atoms with Crippen molar-refractivity contribution in [2.24, 2.45) is 0 Å². The number of rotatable bonds is 5. The molecule has 0 aliphatic carbocycles. The summed E-state index contributed by atoms with van der Waals surface area (Å²) in [5.41, 5.74) is 2.40. The molecule has 0 saturated carbocycles. The van der Waals surface area contributed by atoms with Crippen LogP contribution in [0.25, 0.3) is 10.2 Å². The molecular formula is C20H21F2N3OS. The molecule has 3 aromatic rings. The summed E-state index contributed by atoms with van der Waals surface area (Å²) >= 11 is 1.35. The highest BCUT2D eigenvalue weighted by Crippen LogP contribution is 2.33. The van der Waals surface area contributed by atoms with Gasteiger partial charge >= 0.3 is 0 Å². The van der Waals surface area contributed by atoms with E-state index in [4.69, 9.17) is 0 Å². The Morgan fingerprint density at radius 1 is 1.07 bits per heavy atom. The molecule has 1 aromatic heterocycles. The third-order valence-corrected chi connectivity index (χ3v) is 5.54. The number of aryl methyl sites for hydroxylation is 2. The van der Waals surface area contributed by atoms with E-state index in [-0.39, 0.29) is 6.54 Å².